The summed E-state index contributed by atoms with van der Waals surface area (Å²) in [5, 5.41) is 3.21. The minimum atomic E-state index is 0.212. The molecule has 0 aliphatic rings. The van der Waals surface area contributed by atoms with Crippen LogP contribution in [0.3, 0.4) is 0 Å². The van der Waals surface area contributed by atoms with Gasteiger partial charge in [-0.15, -0.1) is 17.9 Å². The van der Waals surface area contributed by atoms with Gasteiger partial charge in [0.15, 0.2) is 0 Å². The van der Waals surface area contributed by atoms with E-state index in [1.165, 1.54) is 11.3 Å². The van der Waals surface area contributed by atoms with Crippen LogP contribution in [0.5, 0.6) is 0 Å². The number of nitrogens with one attached hydrogen (secondary N) is 1. The fourth-order valence-corrected chi connectivity index (χ4v) is 2.89. The van der Waals surface area contributed by atoms with Crippen molar-refractivity contribution in [3.05, 3.63) is 32.5 Å². The summed E-state index contributed by atoms with van der Waals surface area (Å²) < 4.78 is 1.49. The molecule has 0 aromatic carbocycles. The Morgan fingerprint density at radius 1 is 1.64 bits per heavy atom. The van der Waals surface area contributed by atoms with Gasteiger partial charge in [-0.25, -0.2) is 0 Å². The molecule has 4 heteroatoms. The first kappa shape index (κ1) is 12.1. The summed E-state index contributed by atoms with van der Waals surface area (Å²) in [4.78, 5) is 0. The zero-order valence-electron chi connectivity index (χ0n) is 8.23. The molecule has 0 radical (unpaired) electrons. The van der Waals surface area contributed by atoms with Gasteiger partial charge in [0, 0.05) is 11.6 Å². The second-order valence-corrected chi connectivity index (χ2v) is 5.57. The predicted molar refractivity (Wildman–Crippen MR) is 65.6 cm³/mol. The average Bonchev–Trinajstić information content (AvgIpc) is 2.41. The second kappa shape index (κ2) is 5.17. The van der Waals surface area contributed by atoms with Crippen molar-refractivity contribution in [1.82, 2.24) is 5.32 Å². The number of halogens is 2. The molecule has 1 atom stereocenters. The van der Waals surface area contributed by atoms with Gasteiger partial charge in [0.1, 0.15) is 0 Å². The molecule has 0 fully saturated rings. The molecule has 1 aromatic heterocycles. The van der Waals surface area contributed by atoms with Gasteiger partial charge in [-0.3, -0.25) is 0 Å². The van der Waals surface area contributed by atoms with Crippen molar-refractivity contribution >= 4 is 34.5 Å². The van der Waals surface area contributed by atoms with Crippen LogP contribution < -0.4 is 5.32 Å². The van der Waals surface area contributed by atoms with Crippen LogP contribution >= 0.6 is 34.5 Å². The summed E-state index contributed by atoms with van der Waals surface area (Å²) in [7, 11) is 1.91. The standard InChI is InChI=1S/C10H13Cl2NS/c1-6(2)4-8(13-3)7-5-9(11)14-10(7)12/h5,8,13H,1,4H2,2-3H3. The van der Waals surface area contributed by atoms with E-state index in [-0.39, 0.29) is 6.04 Å². The van der Waals surface area contributed by atoms with Crippen LogP contribution in [-0.2, 0) is 0 Å². The zero-order chi connectivity index (χ0) is 10.7. The maximum atomic E-state index is 6.07. The van der Waals surface area contributed by atoms with E-state index in [0.717, 1.165) is 26.2 Å². The summed E-state index contributed by atoms with van der Waals surface area (Å²) in [6.07, 6.45) is 0.878. The van der Waals surface area contributed by atoms with Crippen LogP contribution in [0.25, 0.3) is 0 Å². The van der Waals surface area contributed by atoms with Crippen LogP contribution in [0, 0.1) is 0 Å². The maximum absolute atomic E-state index is 6.07. The molecule has 1 aromatic rings. The van der Waals surface area contributed by atoms with Gasteiger partial charge in [-0.05, 0) is 26.5 Å². The Bertz CT molecular complexity index is 333. The lowest BCUT2D eigenvalue weighted by atomic mass is 10.0. The van der Waals surface area contributed by atoms with Crippen LogP contribution in [0.2, 0.25) is 8.67 Å². The molecule has 0 spiro atoms. The molecule has 1 rings (SSSR count). The van der Waals surface area contributed by atoms with E-state index in [0.29, 0.717) is 0 Å². The van der Waals surface area contributed by atoms with Gasteiger partial charge in [0.05, 0.1) is 8.67 Å². The van der Waals surface area contributed by atoms with E-state index in [9.17, 15) is 0 Å². The van der Waals surface area contributed by atoms with Crippen molar-refractivity contribution in [2.75, 3.05) is 7.05 Å². The van der Waals surface area contributed by atoms with Crippen LogP contribution in [0.15, 0.2) is 18.2 Å². The Balaban J connectivity index is 2.88. The lowest BCUT2D eigenvalue weighted by Gasteiger charge is -2.15. The topological polar surface area (TPSA) is 12.0 Å². The minimum absolute atomic E-state index is 0.212. The molecule has 14 heavy (non-hydrogen) atoms. The quantitative estimate of drug-likeness (QED) is 0.786. The molecular formula is C10H13Cl2NS. The average molecular weight is 250 g/mol. The molecule has 1 unspecified atom stereocenters. The van der Waals surface area contributed by atoms with Crippen molar-refractivity contribution in [3.63, 3.8) is 0 Å². The highest BCUT2D eigenvalue weighted by atomic mass is 35.5. The highest BCUT2D eigenvalue weighted by Crippen LogP contribution is 2.36. The van der Waals surface area contributed by atoms with Gasteiger partial charge in [0.25, 0.3) is 0 Å². The summed E-state index contributed by atoms with van der Waals surface area (Å²) in [6, 6.07) is 2.13. The smallest absolute Gasteiger partial charge is 0.0992 e. The molecule has 0 saturated heterocycles. The Hall–Kier alpha value is -0.0200. The molecular weight excluding hydrogens is 237 g/mol. The van der Waals surface area contributed by atoms with Crippen LogP contribution in [0.1, 0.15) is 24.9 Å². The van der Waals surface area contributed by atoms with E-state index < -0.39 is 0 Å². The summed E-state index contributed by atoms with van der Waals surface area (Å²) in [5.74, 6) is 0. The molecule has 1 heterocycles. The SMILES string of the molecule is C=C(C)CC(NC)c1cc(Cl)sc1Cl. The highest BCUT2D eigenvalue weighted by Gasteiger charge is 2.15. The van der Waals surface area contributed by atoms with Gasteiger partial charge in [-0.1, -0.05) is 28.8 Å². The summed E-state index contributed by atoms with van der Waals surface area (Å²) in [6.45, 7) is 5.90. The molecule has 0 amide bonds. The molecule has 0 bridgehead atoms. The van der Waals surface area contributed by atoms with E-state index in [2.05, 4.69) is 11.9 Å². The first-order chi connectivity index (χ1) is 6.54. The first-order valence-electron chi connectivity index (χ1n) is 4.31. The fraction of sp³-hybridized carbons (Fsp3) is 0.400. The molecule has 78 valence electrons. The third kappa shape index (κ3) is 2.99. The van der Waals surface area contributed by atoms with Crippen molar-refractivity contribution < 1.29 is 0 Å². The molecule has 1 nitrogen and oxygen atoms in total. The molecule has 1 N–H and O–H groups in total. The van der Waals surface area contributed by atoms with E-state index in [4.69, 9.17) is 23.2 Å². The maximum Gasteiger partial charge on any atom is 0.0992 e. The molecule has 0 aliphatic heterocycles. The van der Waals surface area contributed by atoms with Crippen LogP contribution in [-0.4, -0.2) is 7.05 Å². The van der Waals surface area contributed by atoms with Gasteiger partial charge < -0.3 is 5.32 Å². The lowest BCUT2D eigenvalue weighted by molar-refractivity contribution is 0.592. The minimum Gasteiger partial charge on any atom is -0.313 e. The largest absolute Gasteiger partial charge is 0.313 e. The zero-order valence-corrected chi connectivity index (χ0v) is 10.6. The highest BCUT2D eigenvalue weighted by molar-refractivity contribution is 7.20. The lowest BCUT2D eigenvalue weighted by Crippen LogP contribution is -2.16. The number of rotatable bonds is 4. The monoisotopic (exact) mass is 249 g/mol. The Kier molecular flexibility index (Phi) is 4.45. The third-order valence-electron chi connectivity index (χ3n) is 1.96. The van der Waals surface area contributed by atoms with Crippen LogP contribution in [0.4, 0.5) is 0 Å². The number of hydrogen-bond acceptors (Lipinski definition) is 2. The second-order valence-electron chi connectivity index (χ2n) is 3.28. The van der Waals surface area contributed by atoms with Gasteiger partial charge in [0.2, 0.25) is 0 Å². The Morgan fingerprint density at radius 3 is 2.64 bits per heavy atom. The van der Waals surface area contributed by atoms with Crippen molar-refractivity contribution in [1.29, 1.82) is 0 Å². The van der Waals surface area contributed by atoms with Gasteiger partial charge >= 0.3 is 0 Å². The van der Waals surface area contributed by atoms with E-state index in [1.807, 2.05) is 20.0 Å². The van der Waals surface area contributed by atoms with Crippen molar-refractivity contribution in [2.24, 2.45) is 0 Å². The Morgan fingerprint density at radius 2 is 2.29 bits per heavy atom. The van der Waals surface area contributed by atoms with Crippen molar-refractivity contribution in [2.45, 2.75) is 19.4 Å². The van der Waals surface area contributed by atoms with Gasteiger partial charge in [-0.2, -0.15) is 0 Å². The normalized spacial score (nSPS) is 12.9. The number of hydrogen-bond donors (Lipinski definition) is 1. The third-order valence-corrected chi connectivity index (χ3v) is 3.48. The number of thiophene rings is 1. The van der Waals surface area contributed by atoms with E-state index >= 15 is 0 Å². The Labute approximate surface area is 98.7 Å². The van der Waals surface area contributed by atoms with Crippen molar-refractivity contribution in [3.8, 4) is 0 Å². The summed E-state index contributed by atoms with van der Waals surface area (Å²) >= 11 is 13.4. The first-order valence-corrected chi connectivity index (χ1v) is 5.88. The molecule has 0 aliphatic carbocycles. The molecule has 0 saturated carbocycles. The predicted octanol–water partition coefficient (Wildman–Crippen LogP) is 4.28. The van der Waals surface area contributed by atoms with E-state index in [1.54, 1.807) is 0 Å². The summed E-state index contributed by atoms with van der Waals surface area (Å²) in [5.41, 5.74) is 2.19. The fourth-order valence-electron chi connectivity index (χ4n) is 1.31.